The van der Waals surface area contributed by atoms with E-state index in [2.05, 4.69) is 10.2 Å². The van der Waals surface area contributed by atoms with Crippen LogP contribution in [0.15, 0.2) is 41.2 Å². The molecule has 2 fully saturated rings. The predicted octanol–water partition coefficient (Wildman–Crippen LogP) is 2.54. The number of fused-ring (bicyclic) bond motifs is 4. The maximum absolute atomic E-state index is 13.1. The summed E-state index contributed by atoms with van der Waals surface area (Å²) in [5, 5.41) is 3.06. The molecule has 2 saturated heterocycles. The summed E-state index contributed by atoms with van der Waals surface area (Å²) in [6.07, 6.45) is 2.99. The number of rotatable bonds is 4. The number of aromatic nitrogens is 1. The van der Waals surface area contributed by atoms with Crippen LogP contribution in [-0.2, 0) is 11.3 Å². The minimum absolute atomic E-state index is 0.0109. The van der Waals surface area contributed by atoms with E-state index in [9.17, 15) is 14.4 Å². The molecule has 1 aromatic heterocycles. The molecule has 0 unspecified atom stereocenters. The van der Waals surface area contributed by atoms with Gasteiger partial charge in [0.25, 0.3) is 11.5 Å². The van der Waals surface area contributed by atoms with Crippen molar-refractivity contribution in [1.82, 2.24) is 14.4 Å². The van der Waals surface area contributed by atoms with Gasteiger partial charge in [0.2, 0.25) is 5.91 Å². The smallest absolute Gasteiger partial charge is 0.259 e. The third-order valence-electron chi connectivity index (χ3n) is 7.64. The van der Waals surface area contributed by atoms with E-state index in [0.29, 0.717) is 35.5 Å². The lowest BCUT2D eigenvalue weighted by Gasteiger charge is -2.47. The minimum Gasteiger partial charge on any atom is -0.496 e. The summed E-state index contributed by atoms with van der Waals surface area (Å²) in [5.41, 5.74) is 2.08. The topological polar surface area (TPSA) is 83.9 Å². The van der Waals surface area contributed by atoms with Gasteiger partial charge < -0.3 is 19.5 Å². The number of anilines is 1. The Morgan fingerprint density at radius 2 is 1.79 bits per heavy atom. The second-order valence-corrected chi connectivity index (χ2v) is 9.73. The second-order valence-electron chi connectivity index (χ2n) is 9.73. The normalized spacial score (nSPS) is 22.7. The standard InChI is InChI=1S/C26H32N4O4/c1-17(31)28-11-9-20(10-12-28)29-14-18-13-19(16-29)25-22(7-8-24(32)30(25)15-18)27-26(33)21-5-3-4-6-23(21)34-2/h3-8,18-20H,9-16H2,1-2H3,(H,27,33)/t18-,19-/m1/s1. The molecule has 2 bridgehead atoms. The van der Waals surface area contributed by atoms with Crippen LogP contribution in [0.3, 0.4) is 0 Å². The summed E-state index contributed by atoms with van der Waals surface area (Å²) in [5.74, 6) is 1.01. The van der Waals surface area contributed by atoms with Gasteiger partial charge in [-0.05, 0) is 43.4 Å². The molecule has 2 amide bonds. The molecular weight excluding hydrogens is 432 g/mol. The first kappa shape index (κ1) is 22.7. The molecule has 0 radical (unpaired) electrons. The van der Waals surface area contributed by atoms with Crippen molar-refractivity contribution < 1.29 is 14.3 Å². The SMILES string of the molecule is COc1ccccc1C(=O)Nc1ccc(=O)n2c1[C@@H]1C[C@H](CN(C3CCN(C(C)=O)CC3)C1)C2. The van der Waals surface area contributed by atoms with E-state index in [0.717, 1.165) is 51.1 Å². The Kier molecular flexibility index (Phi) is 6.16. The number of piperidine rings is 2. The van der Waals surface area contributed by atoms with Gasteiger partial charge in [0.1, 0.15) is 5.75 Å². The highest BCUT2D eigenvalue weighted by Gasteiger charge is 2.39. The first-order valence-electron chi connectivity index (χ1n) is 12.1. The first-order chi connectivity index (χ1) is 16.4. The van der Waals surface area contributed by atoms with Crippen LogP contribution in [0.4, 0.5) is 5.69 Å². The fourth-order valence-electron chi connectivity index (χ4n) is 6.02. The van der Waals surface area contributed by atoms with Crippen LogP contribution in [0.5, 0.6) is 5.75 Å². The average molecular weight is 465 g/mol. The number of likely N-dealkylation sites (tertiary alicyclic amines) is 2. The number of ether oxygens (including phenoxy) is 1. The molecule has 2 atom stereocenters. The number of para-hydroxylation sites is 1. The predicted molar refractivity (Wildman–Crippen MR) is 129 cm³/mol. The van der Waals surface area contributed by atoms with E-state index in [1.54, 1.807) is 38.3 Å². The lowest BCUT2D eigenvalue weighted by molar-refractivity contribution is -0.130. The van der Waals surface area contributed by atoms with Gasteiger partial charge in [-0.1, -0.05) is 12.1 Å². The Bertz CT molecular complexity index is 1150. The Balaban J connectivity index is 1.39. The molecule has 1 N–H and O–H groups in total. The highest BCUT2D eigenvalue weighted by atomic mass is 16.5. The van der Waals surface area contributed by atoms with E-state index in [-0.39, 0.29) is 23.3 Å². The number of hydrogen-bond acceptors (Lipinski definition) is 5. The van der Waals surface area contributed by atoms with Crippen LogP contribution in [0, 0.1) is 5.92 Å². The Hall–Kier alpha value is -3.13. The molecule has 0 spiro atoms. The fourth-order valence-corrected chi connectivity index (χ4v) is 6.02. The van der Waals surface area contributed by atoms with Crippen molar-refractivity contribution in [2.75, 3.05) is 38.6 Å². The number of nitrogens with zero attached hydrogens (tertiary/aromatic N) is 3. The van der Waals surface area contributed by atoms with Gasteiger partial charge in [0.15, 0.2) is 0 Å². The molecule has 180 valence electrons. The summed E-state index contributed by atoms with van der Waals surface area (Å²) in [4.78, 5) is 42.1. The summed E-state index contributed by atoms with van der Waals surface area (Å²) in [6.45, 7) is 5.77. The summed E-state index contributed by atoms with van der Waals surface area (Å²) in [6, 6.07) is 10.9. The number of amides is 2. The van der Waals surface area contributed by atoms with Crippen molar-refractivity contribution in [2.24, 2.45) is 5.92 Å². The van der Waals surface area contributed by atoms with E-state index in [4.69, 9.17) is 4.74 Å². The van der Waals surface area contributed by atoms with Gasteiger partial charge in [-0.15, -0.1) is 0 Å². The van der Waals surface area contributed by atoms with Gasteiger partial charge in [0.05, 0.1) is 18.4 Å². The summed E-state index contributed by atoms with van der Waals surface area (Å²) in [7, 11) is 1.55. The van der Waals surface area contributed by atoms with Crippen LogP contribution in [0.1, 0.15) is 48.2 Å². The fraction of sp³-hybridized carbons (Fsp3) is 0.500. The quantitative estimate of drug-likeness (QED) is 0.752. The molecule has 0 saturated carbocycles. The zero-order valence-electron chi connectivity index (χ0n) is 19.8. The molecule has 0 aliphatic carbocycles. The van der Waals surface area contributed by atoms with Crippen LogP contribution >= 0.6 is 0 Å². The first-order valence-corrected chi connectivity index (χ1v) is 12.1. The number of hydrogen-bond donors (Lipinski definition) is 1. The van der Waals surface area contributed by atoms with Gasteiger partial charge >= 0.3 is 0 Å². The lowest BCUT2D eigenvalue weighted by atomic mass is 9.81. The van der Waals surface area contributed by atoms with Crippen molar-refractivity contribution in [1.29, 1.82) is 0 Å². The average Bonchev–Trinajstić information content (AvgIpc) is 2.85. The Labute approximate surface area is 199 Å². The molecule has 3 aliphatic rings. The van der Waals surface area contributed by atoms with Crippen molar-refractivity contribution in [3.8, 4) is 5.75 Å². The molecule has 8 nitrogen and oxygen atoms in total. The number of carbonyl (C=O) groups excluding carboxylic acids is 2. The molecule has 1 aromatic carbocycles. The van der Waals surface area contributed by atoms with Crippen molar-refractivity contribution in [3.05, 3.63) is 58.0 Å². The molecular formula is C26H32N4O4. The zero-order chi connectivity index (χ0) is 23.8. The molecule has 34 heavy (non-hydrogen) atoms. The highest BCUT2D eigenvalue weighted by molar-refractivity contribution is 6.06. The third-order valence-corrected chi connectivity index (χ3v) is 7.64. The summed E-state index contributed by atoms with van der Waals surface area (Å²) < 4.78 is 7.23. The van der Waals surface area contributed by atoms with Crippen LogP contribution in [0.25, 0.3) is 0 Å². The van der Waals surface area contributed by atoms with Crippen molar-refractivity contribution >= 4 is 17.5 Å². The van der Waals surface area contributed by atoms with E-state index < -0.39 is 0 Å². The summed E-state index contributed by atoms with van der Waals surface area (Å²) >= 11 is 0. The number of nitrogens with one attached hydrogen (secondary N) is 1. The van der Waals surface area contributed by atoms with Gasteiger partial charge in [-0.25, -0.2) is 0 Å². The van der Waals surface area contributed by atoms with Gasteiger partial charge in [-0.2, -0.15) is 0 Å². The maximum atomic E-state index is 13.1. The van der Waals surface area contributed by atoms with E-state index in [1.165, 1.54) is 0 Å². The van der Waals surface area contributed by atoms with Crippen LogP contribution in [0.2, 0.25) is 0 Å². The number of methoxy groups -OCH3 is 1. The molecule has 8 heteroatoms. The molecule has 5 rings (SSSR count). The number of benzene rings is 1. The highest BCUT2D eigenvalue weighted by Crippen LogP contribution is 2.40. The third kappa shape index (κ3) is 4.22. The maximum Gasteiger partial charge on any atom is 0.259 e. The van der Waals surface area contributed by atoms with Crippen LogP contribution in [-0.4, -0.2) is 65.5 Å². The zero-order valence-corrected chi connectivity index (χ0v) is 19.8. The molecule has 4 heterocycles. The van der Waals surface area contributed by atoms with E-state index in [1.807, 2.05) is 21.6 Å². The molecule has 2 aromatic rings. The van der Waals surface area contributed by atoms with Gasteiger partial charge in [0, 0.05) is 63.4 Å². The largest absolute Gasteiger partial charge is 0.496 e. The minimum atomic E-state index is -0.245. The second kappa shape index (κ2) is 9.25. The molecule has 3 aliphatic heterocycles. The van der Waals surface area contributed by atoms with Crippen molar-refractivity contribution in [2.45, 2.75) is 44.7 Å². The van der Waals surface area contributed by atoms with Crippen LogP contribution < -0.4 is 15.6 Å². The van der Waals surface area contributed by atoms with Gasteiger partial charge in [-0.3, -0.25) is 19.3 Å². The lowest BCUT2D eigenvalue weighted by Crippen LogP contribution is -2.53. The monoisotopic (exact) mass is 464 g/mol. The van der Waals surface area contributed by atoms with Crippen molar-refractivity contribution in [3.63, 3.8) is 0 Å². The number of pyridine rings is 1. The Morgan fingerprint density at radius 3 is 2.53 bits per heavy atom. The van der Waals surface area contributed by atoms with E-state index >= 15 is 0 Å². The number of carbonyl (C=O) groups is 2. The Morgan fingerprint density at radius 1 is 1.03 bits per heavy atom.